The maximum Gasteiger partial charge on any atom is 0.0406 e. The van der Waals surface area contributed by atoms with Gasteiger partial charge in [-0.15, -0.1) is 0 Å². The highest BCUT2D eigenvalue weighted by Crippen LogP contribution is 2.46. The van der Waals surface area contributed by atoms with Crippen LogP contribution in [0.25, 0.3) is 0 Å². The molecule has 3 rings (SSSR count). The van der Waals surface area contributed by atoms with Crippen molar-refractivity contribution in [3.8, 4) is 0 Å². The zero-order valence-corrected chi connectivity index (χ0v) is 12.6. The monoisotopic (exact) mass is 295 g/mol. The molecule has 2 bridgehead atoms. The number of halogens is 2. The van der Waals surface area contributed by atoms with Gasteiger partial charge in [0.25, 0.3) is 0 Å². The molecule has 0 spiro atoms. The van der Waals surface area contributed by atoms with E-state index in [2.05, 4.69) is 30.2 Å². The maximum atomic E-state index is 6.00. The SMILES string of the molecule is CN1C2CCC1[C@@H](C=CCl)[C@@H](c1ccc(Cl)cc1)C2. The smallest absolute Gasteiger partial charge is 0.0406 e. The fourth-order valence-electron chi connectivity index (χ4n) is 3.92. The van der Waals surface area contributed by atoms with E-state index >= 15 is 0 Å². The molecular formula is C16H19Cl2N. The van der Waals surface area contributed by atoms with Crippen LogP contribution in [-0.2, 0) is 0 Å². The molecule has 2 heterocycles. The van der Waals surface area contributed by atoms with Gasteiger partial charge in [0, 0.05) is 28.6 Å². The van der Waals surface area contributed by atoms with Crippen molar-refractivity contribution >= 4 is 23.2 Å². The van der Waals surface area contributed by atoms with Crippen LogP contribution in [0.15, 0.2) is 35.9 Å². The quantitative estimate of drug-likeness (QED) is 0.767. The molecule has 102 valence electrons. The predicted molar refractivity (Wildman–Crippen MR) is 81.9 cm³/mol. The van der Waals surface area contributed by atoms with Gasteiger partial charge in [0.2, 0.25) is 0 Å². The highest BCUT2D eigenvalue weighted by molar-refractivity contribution is 6.30. The van der Waals surface area contributed by atoms with E-state index in [1.165, 1.54) is 24.8 Å². The topological polar surface area (TPSA) is 3.24 Å². The van der Waals surface area contributed by atoms with Crippen LogP contribution in [0.3, 0.4) is 0 Å². The Balaban J connectivity index is 1.93. The van der Waals surface area contributed by atoms with Gasteiger partial charge in [0.1, 0.15) is 0 Å². The van der Waals surface area contributed by atoms with Crippen molar-refractivity contribution in [2.75, 3.05) is 7.05 Å². The van der Waals surface area contributed by atoms with Crippen LogP contribution in [0.2, 0.25) is 5.02 Å². The summed E-state index contributed by atoms with van der Waals surface area (Å²) in [6, 6.07) is 9.71. The first-order valence-electron chi connectivity index (χ1n) is 6.95. The second kappa shape index (κ2) is 5.47. The molecule has 0 radical (unpaired) electrons. The summed E-state index contributed by atoms with van der Waals surface area (Å²) in [5.74, 6) is 1.09. The molecule has 0 amide bonds. The van der Waals surface area contributed by atoms with Crippen LogP contribution in [0.5, 0.6) is 0 Å². The van der Waals surface area contributed by atoms with Gasteiger partial charge in [-0.1, -0.05) is 41.4 Å². The van der Waals surface area contributed by atoms with Crippen LogP contribution in [0.1, 0.15) is 30.7 Å². The minimum absolute atomic E-state index is 0.516. The molecule has 1 nitrogen and oxygen atoms in total. The molecule has 19 heavy (non-hydrogen) atoms. The van der Waals surface area contributed by atoms with Crippen LogP contribution in [-0.4, -0.2) is 24.0 Å². The first-order valence-corrected chi connectivity index (χ1v) is 7.76. The Morgan fingerprint density at radius 2 is 1.95 bits per heavy atom. The third-order valence-corrected chi connectivity index (χ3v) is 5.32. The van der Waals surface area contributed by atoms with E-state index in [-0.39, 0.29) is 0 Å². The second-order valence-corrected chi connectivity index (χ2v) is 6.44. The van der Waals surface area contributed by atoms with Gasteiger partial charge in [-0.05, 0) is 49.9 Å². The lowest BCUT2D eigenvalue weighted by atomic mass is 9.76. The van der Waals surface area contributed by atoms with Crippen LogP contribution in [0, 0.1) is 5.92 Å². The lowest BCUT2D eigenvalue weighted by Crippen LogP contribution is -2.44. The molecule has 0 aromatic heterocycles. The van der Waals surface area contributed by atoms with Crippen molar-refractivity contribution in [3.63, 3.8) is 0 Å². The lowest BCUT2D eigenvalue weighted by Gasteiger charge is -2.42. The van der Waals surface area contributed by atoms with Gasteiger partial charge in [-0.3, -0.25) is 4.90 Å². The average molecular weight is 296 g/mol. The molecule has 2 fully saturated rings. The van der Waals surface area contributed by atoms with Crippen molar-refractivity contribution in [2.24, 2.45) is 5.92 Å². The molecule has 2 unspecified atom stereocenters. The van der Waals surface area contributed by atoms with Gasteiger partial charge >= 0.3 is 0 Å². The Bertz CT molecular complexity index is 468. The Hall–Kier alpha value is -0.500. The zero-order valence-electron chi connectivity index (χ0n) is 11.1. The second-order valence-electron chi connectivity index (χ2n) is 5.75. The van der Waals surface area contributed by atoms with Crippen LogP contribution >= 0.6 is 23.2 Å². The number of rotatable bonds is 2. The summed E-state index contributed by atoms with van der Waals surface area (Å²) >= 11 is 11.9. The van der Waals surface area contributed by atoms with Crippen molar-refractivity contribution in [2.45, 2.75) is 37.3 Å². The highest BCUT2D eigenvalue weighted by atomic mass is 35.5. The summed E-state index contributed by atoms with van der Waals surface area (Å²) in [4.78, 5) is 2.55. The van der Waals surface area contributed by atoms with E-state index in [0.29, 0.717) is 17.9 Å². The first-order chi connectivity index (χ1) is 9.20. The predicted octanol–water partition coefficient (Wildman–Crippen LogP) is 4.66. The first kappa shape index (κ1) is 13.5. The molecule has 0 aliphatic carbocycles. The summed E-state index contributed by atoms with van der Waals surface area (Å²) in [5.41, 5.74) is 3.09. The van der Waals surface area contributed by atoms with Crippen LogP contribution in [0.4, 0.5) is 0 Å². The molecule has 2 saturated heterocycles. The molecule has 2 aliphatic rings. The van der Waals surface area contributed by atoms with Crippen LogP contribution < -0.4 is 0 Å². The minimum Gasteiger partial charge on any atom is -0.300 e. The van der Waals surface area contributed by atoms with E-state index in [1.807, 2.05) is 12.1 Å². The Labute approximate surface area is 125 Å². The molecule has 2 aliphatic heterocycles. The molecule has 0 N–H and O–H groups in total. The number of piperidine rings is 1. The number of nitrogens with zero attached hydrogens (tertiary/aromatic N) is 1. The van der Waals surface area contributed by atoms with Gasteiger partial charge in [0.05, 0.1) is 0 Å². The van der Waals surface area contributed by atoms with Gasteiger partial charge < -0.3 is 0 Å². The molecule has 3 heteroatoms. The Kier molecular flexibility index (Phi) is 3.88. The van der Waals surface area contributed by atoms with Gasteiger partial charge in [-0.2, -0.15) is 0 Å². The maximum absolute atomic E-state index is 6.00. The van der Waals surface area contributed by atoms with Gasteiger partial charge in [0.15, 0.2) is 0 Å². The lowest BCUT2D eigenvalue weighted by molar-refractivity contribution is 0.124. The molecule has 1 aromatic rings. The summed E-state index contributed by atoms with van der Waals surface area (Å²) in [7, 11) is 2.26. The summed E-state index contributed by atoms with van der Waals surface area (Å²) < 4.78 is 0. The number of hydrogen-bond acceptors (Lipinski definition) is 1. The fraction of sp³-hybridized carbons (Fsp3) is 0.500. The molecular weight excluding hydrogens is 277 g/mol. The minimum atomic E-state index is 0.516. The van der Waals surface area contributed by atoms with E-state index < -0.39 is 0 Å². The standard InChI is InChI=1S/C16H19Cl2N/c1-19-13-6-7-16(19)14(8-9-17)15(10-13)11-2-4-12(18)5-3-11/h2-5,8-9,13-16H,6-7,10H2,1H3/t13?,14-,15+,16?/m0/s1. The normalized spacial score (nSPS) is 35.1. The van der Waals surface area contributed by atoms with Crippen molar-refractivity contribution in [1.82, 2.24) is 4.90 Å². The third-order valence-electron chi connectivity index (χ3n) is 4.92. The number of benzene rings is 1. The highest BCUT2D eigenvalue weighted by Gasteiger charge is 2.44. The Morgan fingerprint density at radius 1 is 1.21 bits per heavy atom. The van der Waals surface area contributed by atoms with Crippen molar-refractivity contribution in [1.29, 1.82) is 0 Å². The summed E-state index contributed by atoms with van der Waals surface area (Å²) in [6.07, 6.45) is 6.01. The van der Waals surface area contributed by atoms with E-state index in [0.717, 1.165) is 11.1 Å². The van der Waals surface area contributed by atoms with Gasteiger partial charge in [-0.25, -0.2) is 0 Å². The largest absolute Gasteiger partial charge is 0.300 e. The average Bonchev–Trinajstić information content (AvgIpc) is 2.65. The molecule has 4 atom stereocenters. The van der Waals surface area contributed by atoms with E-state index in [1.54, 1.807) is 5.54 Å². The third kappa shape index (κ3) is 2.44. The summed E-state index contributed by atoms with van der Waals surface area (Å²) in [5, 5.41) is 0.809. The van der Waals surface area contributed by atoms with E-state index in [9.17, 15) is 0 Å². The fourth-order valence-corrected chi connectivity index (χ4v) is 4.22. The molecule has 0 saturated carbocycles. The zero-order chi connectivity index (χ0) is 13.4. The van der Waals surface area contributed by atoms with Crippen molar-refractivity contribution in [3.05, 3.63) is 46.5 Å². The molecule has 1 aromatic carbocycles. The summed E-state index contributed by atoms with van der Waals surface area (Å²) in [6.45, 7) is 0. The Morgan fingerprint density at radius 3 is 2.63 bits per heavy atom. The van der Waals surface area contributed by atoms with Crippen molar-refractivity contribution < 1.29 is 0 Å². The number of fused-ring (bicyclic) bond motifs is 2. The number of hydrogen-bond donors (Lipinski definition) is 0. The van der Waals surface area contributed by atoms with E-state index in [4.69, 9.17) is 23.2 Å².